The van der Waals surface area contributed by atoms with E-state index in [1.165, 1.54) is 0 Å². The summed E-state index contributed by atoms with van der Waals surface area (Å²) in [4.78, 5) is 28.3. The molecule has 3 aromatic carbocycles. The third-order valence-electron chi connectivity index (χ3n) is 5.56. The summed E-state index contributed by atoms with van der Waals surface area (Å²) in [6.07, 6.45) is 2.07. The normalized spacial score (nSPS) is 14.2. The summed E-state index contributed by atoms with van der Waals surface area (Å²) >= 11 is 0. The highest BCUT2D eigenvalue weighted by atomic mass is 16.2. The largest absolute Gasteiger partial charge is 0.366 e. The molecule has 0 bridgehead atoms. The minimum Gasteiger partial charge on any atom is -0.366 e. The van der Waals surface area contributed by atoms with E-state index in [0.717, 1.165) is 33.8 Å². The standard InChI is InChI=1S/C24H19N3O2/c1-26-21-13-16-7-2-3-10-19(16)27(14-15-6-4-8-17(12-15)23(25)28)20-11-5-9-18(22(20)21)24(26)29/h2-13H,14H2,1H3,(H2,25,28). The predicted molar refractivity (Wildman–Crippen MR) is 114 cm³/mol. The van der Waals surface area contributed by atoms with E-state index in [-0.39, 0.29) is 5.91 Å². The van der Waals surface area contributed by atoms with Crippen LogP contribution in [0.15, 0.2) is 66.7 Å². The van der Waals surface area contributed by atoms with Gasteiger partial charge in [-0.05, 0) is 42.0 Å². The Kier molecular flexibility index (Phi) is 3.77. The predicted octanol–water partition coefficient (Wildman–Crippen LogP) is 4.02. The summed E-state index contributed by atoms with van der Waals surface area (Å²) in [7, 11) is 1.81. The number of hydrogen-bond acceptors (Lipinski definition) is 3. The number of benzene rings is 3. The fourth-order valence-electron chi connectivity index (χ4n) is 4.15. The van der Waals surface area contributed by atoms with Crippen molar-refractivity contribution in [2.24, 2.45) is 5.73 Å². The van der Waals surface area contributed by atoms with Gasteiger partial charge in [-0.15, -0.1) is 0 Å². The molecule has 2 heterocycles. The first kappa shape index (κ1) is 17.3. The number of amides is 2. The van der Waals surface area contributed by atoms with E-state index in [0.29, 0.717) is 17.7 Å². The molecule has 0 aliphatic carbocycles. The van der Waals surface area contributed by atoms with Gasteiger partial charge in [0.05, 0.1) is 16.9 Å². The Morgan fingerprint density at radius 2 is 1.72 bits per heavy atom. The van der Waals surface area contributed by atoms with Gasteiger partial charge in [0, 0.05) is 36.0 Å². The smallest absolute Gasteiger partial charge is 0.258 e. The van der Waals surface area contributed by atoms with Crippen molar-refractivity contribution in [3.8, 4) is 0 Å². The van der Waals surface area contributed by atoms with E-state index >= 15 is 0 Å². The summed E-state index contributed by atoms with van der Waals surface area (Å²) in [6, 6.07) is 21.3. The Hall–Kier alpha value is -3.86. The second-order valence-corrected chi connectivity index (χ2v) is 7.30. The summed E-state index contributed by atoms with van der Waals surface area (Å²) in [5.41, 5.74) is 12.5. The van der Waals surface area contributed by atoms with Gasteiger partial charge in [-0.25, -0.2) is 0 Å². The highest BCUT2D eigenvalue weighted by Gasteiger charge is 2.35. The van der Waals surface area contributed by atoms with Gasteiger partial charge in [0.1, 0.15) is 0 Å². The van der Waals surface area contributed by atoms with Gasteiger partial charge in [0.15, 0.2) is 0 Å². The van der Waals surface area contributed by atoms with Gasteiger partial charge in [-0.1, -0.05) is 36.4 Å². The van der Waals surface area contributed by atoms with Crippen LogP contribution in [0, 0.1) is 0 Å². The van der Waals surface area contributed by atoms with Gasteiger partial charge in [0.2, 0.25) is 5.91 Å². The molecule has 29 heavy (non-hydrogen) atoms. The quantitative estimate of drug-likeness (QED) is 0.745. The average Bonchev–Trinajstić information content (AvgIpc) is 2.89. The average molecular weight is 381 g/mol. The lowest BCUT2D eigenvalue weighted by atomic mass is 10.0. The molecule has 0 aromatic heterocycles. The Bertz CT molecular complexity index is 1210. The Labute approximate surface area is 168 Å². The molecule has 0 spiro atoms. The van der Waals surface area contributed by atoms with Crippen molar-refractivity contribution in [2.45, 2.75) is 6.54 Å². The molecule has 5 nitrogen and oxygen atoms in total. The van der Waals surface area contributed by atoms with E-state index in [9.17, 15) is 9.59 Å². The topological polar surface area (TPSA) is 66.6 Å². The van der Waals surface area contributed by atoms with Gasteiger partial charge in [0.25, 0.3) is 5.91 Å². The molecule has 2 N–H and O–H groups in total. The molecule has 0 fully saturated rings. The number of para-hydroxylation sites is 1. The van der Waals surface area contributed by atoms with Crippen LogP contribution >= 0.6 is 0 Å². The van der Waals surface area contributed by atoms with Gasteiger partial charge in [-0.2, -0.15) is 0 Å². The maximum atomic E-state index is 12.8. The maximum absolute atomic E-state index is 12.8. The molecule has 0 atom stereocenters. The molecule has 2 aliphatic heterocycles. The van der Waals surface area contributed by atoms with Crippen molar-refractivity contribution in [2.75, 3.05) is 11.9 Å². The first-order valence-corrected chi connectivity index (χ1v) is 9.43. The van der Waals surface area contributed by atoms with Crippen molar-refractivity contribution < 1.29 is 9.59 Å². The van der Waals surface area contributed by atoms with Crippen LogP contribution in [-0.4, -0.2) is 23.8 Å². The minimum absolute atomic E-state index is 0.00292. The van der Waals surface area contributed by atoms with Crippen molar-refractivity contribution >= 4 is 35.0 Å². The molecule has 5 heteroatoms. The van der Waals surface area contributed by atoms with E-state index in [2.05, 4.69) is 23.1 Å². The van der Waals surface area contributed by atoms with Crippen molar-refractivity contribution in [1.29, 1.82) is 0 Å². The zero-order valence-corrected chi connectivity index (χ0v) is 15.9. The maximum Gasteiger partial charge on any atom is 0.258 e. The van der Waals surface area contributed by atoms with E-state index in [4.69, 9.17) is 5.73 Å². The fraction of sp³-hybridized carbons (Fsp3) is 0.0833. The van der Waals surface area contributed by atoms with Crippen molar-refractivity contribution in [3.63, 3.8) is 0 Å². The SMILES string of the molecule is CN1C(=O)c2cccc3c2C1=Cc1ccccc1N3Cc1cccc(C(N)=O)c1. The molecule has 0 saturated heterocycles. The summed E-state index contributed by atoms with van der Waals surface area (Å²) in [5.74, 6) is -0.442. The van der Waals surface area contributed by atoms with Crippen LogP contribution in [0.5, 0.6) is 0 Å². The highest BCUT2D eigenvalue weighted by Crippen LogP contribution is 2.46. The van der Waals surface area contributed by atoms with Gasteiger partial charge in [-0.3, -0.25) is 9.59 Å². The molecule has 0 saturated carbocycles. The number of fused-ring (bicyclic) bond motifs is 1. The van der Waals surface area contributed by atoms with Crippen molar-refractivity contribution in [1.82, 2.24) is 4.90 Å². The van der Waals surface area contributed by atoms with E-state index < -0.39 is 5.91 Å². The first-order chi connectivity index (χ1) is 14.0. The second kappa shape index (κ2) is 6.34. The molecule has 2 amide bonds. The first-order valence-electron chi connectivity index (χ1n) is 9.43. The van der Waals surface area contributed by atoms with Crippen LogP contribution < -0.4 is 10.6 Å². The third-order valence-corrected chi connectivity index (χ3v) is 5.56. The van der Waals surface area contributed by atoms with Gasteiger partial charge >= 0.3 is 0 Å². The number of anilines is 2. The summed E-state index contributed by atoms with van der Waals surface area (Å²) < 4.78 is 0. The monoisotopic (exact) mass is 381 g/mol. The molecular formula is C24H19N3O2. The number of carbonyl (C=O) groups is 2. The summed E-state index contributed by atoms with van der Waals surface area (Å²) in [6.45, 7) is 0.549. The third kappa shape index (κ3) is 2.63. The molecule has 5 rings (SSSR count). The molecule has 142 valence electrons. The second-order valence-electron chi connectivity index (χ2n) is 7.30. The van der Waals surface area contributed by atoms with Crippen LogP contribution in [0.25, 0.3) is 11.8 Å². The zero-order valence-electron chi connectivity index (χ0n) is 15.9. The minimum atomic E-state index is -0.445. The highest BCUT2D eigenvalue weighted by molar-refractivity contribution is 6.15. The van der Waals surface area contributed by atoms with Crippen LogP contribution in [0.4, 0.5) is 11.4 Å². The number of nitrogens with zero attached hydrogens (tertiary/aromatic N) is 2. The molecule has 2 aliphatic rings. The molecule has 3 aromatic rings. The van der Waals surface area contributed by atoms with Crippen LogP contribution in [0.3, 0.4) is 0 Å². The van der Waals surface area contributed by atoms with Gasteiger partial charge < -0.3 is 15.5 Å². The van der Waals surface area contributed by atoms with Crippen molar-refractivity contribution in [3.05, 3.63) is 94.5 Å². The number of nitrogens with two attached hydrogens (primary N) is 1. The lowest BCUT2D eigenvalue weighted by Gasteiger charge is -2.27. The lowest BCUT2D eigenvalue weighted by molar-refractivity contribution is 0.0874. The zero-order chi connectivity index (χ0) is 20.1. The van der Waals surface area contributed by atoms with Crippen LogP contribution in [-0.2, 0) is 6.54 Å². The summed E-state index contributed by atoms with van der Waals surface area (Å²) in [5, 5.41) is 0. The molecule has 0 unspecified atom stereocenters. The fourth-order valence-corrected chi connectivity index (χ4v) is 4.15. The number of rotatable bonds is 3. The van der Waals surface area contributed by atoms with E-state index in [1.54, 1.807) is 11.0 Å². The lowest BCUT2D eigenvalue weighted by Crippen LogP contribution is -2.19. The number of hydrogen-bond donors (Lipinski definition) is 1. The molecule has 0 radical (unpaired) electrons. The Morgan fingerprint density at radius 1 is 0.966 bits per heavy atom. The van der Waals surface area contributed by atoms with Crippen LogP contribution in [0.1, 0.15) is 37.4 Å². The Morgan fingerprint density at radius 3 is 2.55 bits per heavy atom. The van der Waals surface area contributed by atoms with E-state index in [1.807, 2.05) is 55.6 Å². The number of carbonyl (C=O) groups excluding carboxylic acids is 2. The number of primary amides is 1. The Balaban J connectivity index is 1.71. The van der Waals surface area contributed by atoms with Crippen LogP contribution in [0.2, 0.25) is 0 Å². The molecular weight excluding hydrogens is 362 g/mol.